The summed E-state index contributed by atoms with van der Waals surface area (Å²) in [6.07, 6.45) is 4.33. The second-order valence-corrected chi connectivity index (χ2v) is 3.81. The third-order valence-corrected chi connectivity index (χ3v) is 2.50. The molecule has 1 heterocycles. The Morgan fingerprint density at radius 1 is 1.44 bits per heavy atom. The standard InChI is InChI=1S/C13H14N2O3/c1-15-7-10(6-14-15)9-18-13-11(8-16)4-3-5-12(13)17-2/h3-8H,9H2,1-2H3. The molecule has 1 aromatic carbocycles. The lowest BCUT2D eigenvalue weighted by atomic mass is 10.2. The van der Waals surface area contributed by atoms with Crippen molar-refractivity contribution in [2.24, 2.45) is 7.05 Å². The first-order valence-electron chi connectivity index (χ1n) is 5.47. The summed E-state index contributed by atoms with van der Waals surface area (Å²) in [5.41, 5.74) is 1.40. The fraction of sp³-hybridized carbons (Fsp3) is 0.231. The molecule has 18 heavy (non-hydrogen) atoms. The van der Waals surface area contributed by atoms with Gasteiger partial charge in [-0.25, -0.2) is 0 Å². The van der Waals surface area contributed by atoms with Crippen molar-refractivity contribution in [1.82, 2.24) is 9.78 Å². The van der Waals surface area contributed by atoms with Crippen molar-refractivity contribution < 1.29 is 14.3 Å². The first-order chi connectivity index (χ1) is 8.74. The van der Waals surface area contributed by atoms with Crippen molar-refractivity contribution >= 4 is 6.29 Å². The molecular formula is C13H14N2O3. The van der Waals surface area contributed by atoms with E-state index in [4.69, 9.17) is 9.47 Å². The molecule has 0 saturated carbocycles. The van der Waals surface area contributed by atoms with Crippen LogP contribution in [-0.4, -0.2) is 23.2 Å². The van der Waals surface area contributed by atoms with Gasteiger partial charge >= 0.3 is 0 Å². The molecule has 0 atom stereocenters. The Balaban J connectivity index is 2.19. The van der Waals surface area contributed by atoms with Gasteiger partial charge < -0.3 is 9.47 Å². The van der Waals surface area contributed by atoms with Crippen LogP contribution in [0, 0.1) is 0 Å². The molecule has 2 rings (SSSR count). The highest BCUT2D eigenvalue weighted by Gasteiger charge is 2.10. The third kappa shape index (κ3) is 2.51. The number of carbonyl (C=O) groups excluding carboxylic acids is 1. The van der Waals surface area contributed by atoms with Crippen molar-refractivity contribution in [2.45, 2.75) is 6.61 Å². The molecule has 5 heteroatoms. The summed E-state index contributed by atoms with van der Waals surface area (Å²) in [7, 11) is 3.38. The highest BCUT2D eigenvalue weighted by molar-refractivity contribution is 5.81. The third-order valence-electron chi connectivity index (χ3n) is 2.50. The Morgan fingerprint density at radius 3 is 2.89 bits per heavy atom. The van der Waals surface area contributed by atoms with Gasteiger partial charge in [0, 0.05) is 18.8 Å². The Kier molecular flexibility index (Phi) is 3.62. The Bertz CT molecular complexity index is 549. The smallest absolute Gasteiger partial charge is 0.172 e. The lowest BCUT2D eigenvalue weighted by Gasteiger charge is -2.11. The zero-order chi connectivity index (χ0) is 13.0. The van der Waals surface area contributed by atoms with E-state index in [2.05, 4.69) is 5.10 Å². The summed E-state index contributed by atoms with van der Waals surface area (Å²) in [4.78, 5) is 11.0. The van der Waals surface area contributed by atoms with Crippen molar-refractivity contribution in [3.63, 3.8) is 0 Å². The van der Waals surface area contributed by atoms with Crippen LogP contribution in [0.2, 0.25) is 0 Å². The highest BCUT2D eigenvalue weighted by atomic mass is 16.5. The van der Waals surface area contributed by atoms with Gasteiger partial charge in [0.1, 0.15) is 6.61 Å². The normalized spacial score (nSPS) is 10.1. The van der Waals surface area contributed by atoms with Crippen LogP contribution in [0.25, 0.3) is 0 Å². The molecule has 0 amide bonds. The van der Waals surface area contributed by atoms with Gasteiger partial charge in [-0.3, -0.25) is 9.48 Å². The van der Waals surface area contributed by atoms with E-state index in [1.54, 1.807) is 36.2 Å². The van der Waals surface area contributed by atoms with E-state index in [-0.39, 0.29) is 0 Å². The van der Waals surface area contributed by atoms with Crippen LogP contribution in [0.1, 0.15) is 15.9 Å². The molecule has 2 aromatic rings. The molecule has 0 aliphatic rings. The Hall–Kier alpha value is -2.30. The molecule has 94 valence electrons. The second kappa shape index (κ2) is 5.35. The van der Waals surface area contributed by atoms with E-state index in [1.165, 1.54) is 0 Å². The van der Waals surface area contributed by atoms with Gasteiger partial charge in [0.25, 0.3) is 0 Å². The zero-order valence-electron chi connectivity index (χ0n) is 10.3. The monoisotopic (exact) mass is 246 g/mol. The van der Waals surface area contributed by atoms with Gasteiger partial charge in [0.2, 0.25) is 0 Å². The average molecular weight is 246 g/mol. The number of benzene rings is 1. The van der Waals surface area contributed by atoms with Crippen LogP contribution < -0.4 is 9.47 Å². The molecule has 0 saturated heterocycles. The molecule has 0 fully saturated rings. The maximum atomic E-state index is 11.0. The summed E-state index contributed by atoms with van der Waals surface area (Å²) in [5.74, 6) is 1.00. The number of aldehydes is 1. The van der Waals surface area contributed by atoms with Gasteiger partial charge in [-0.1, -0.05) is 6.07 Å². The summed E-state index contributed by atoms with van der Waals surface area (Å²) >= 11 is 0. The summed E-state index contributed by atoms with van der Waals surface area (Å²) in [6.45, 7) is 0.342. The Labute approximate surface area is 105 Å². The van der Waals surface area contributed by atoms with Gasteiger partial charge in [-0.15, -0.1) is 0 Å². The molecule has 0 aliphatic carbocycles. The molecule has 0 unspecified atom stereocenters. The summed E-state index contributed by atoms with van der Waals surface area (Å²) in [6, 6.07) is 5.19. The fourth-order valence-electron chi connectivity index (χ4n) is 1.64. The van der Waals surface area contributed by atoms with E-state index in [0.717, 1.165) is 11.8 Å². The fourth-order valence-corrected chi connectivity index (χ4v) is 1.64. The van der Waals surface area contributed by atoms with Gasteiger partial charge in [-0.2, -0.15) is 5.10 Å². The molecule has 5 nitrogen and oxygen atoms in total. The number of aromatic nitrogens is 2. The first-order valence-corrected chi connectivity index (χ1v) is 5.47. The highest BCUT2D eigenvalue weighted by Crippen LogP contribution is 2.30. The minimum absolute atomic E-state index is 0.342. The van der Waals surface area contributed by atoms with E-state index in [1.807, 2.05) is 13.2 Å². The second-order valence-electron chi connectivity index (χ2n) is 3.81. The largest absolute Gasteiger partial charge is 0.493 e. The number of hydrogen-bond acceptors (Lipinski definition) is 4. The van der Waals surface area contributed by atoms with Gasteiger partial charge in [0.05, 0.1) is 18.9 Å². The summed E-state index contributed by atoms with van der Waals surface area (Å²) in [5, 5.41) is 4.05. The van der Waals surface area contributed by atoms with Crippen LogP contribution >= 0.6 is 0 Å². The summed E-state index contributed by atoms with van der Waals surface area (Å²) < 4.78 is 12.5. The number of para-hydroxylation sites is 1. The molecular weight excluding hydrogens is 232 g/mol. The zero-order valence-corrected chi connectivity index (χ0v) is 10.3. The number of carbonyl (C=O) groups is 1. The number of methoxy groups -OCH3 is 1. The predicted octanol–water partition coefficient (Wildman–Crippen LogP) is 1.82. The first kappa shape index (κ1) is 12.2. The number of rotatable bonds is 5. The number of aryl methyl sites for hydroxylation is 1. The van der Waals surface area contributed by atoms with Crippen molar-refractivity contribution in [3.05, 3.63) is 41.7 Å². The number of hydrogen-bond donors (Lipinski definition) is 0. The number of ether oxygens (including phenoxy) is 2. The SMILES string of the molecule is COc1cccc(C=O)c1OCc1cnn(C)c1. The topological polar surface area (TPSA) is 53.4 Å². The van der Waals surface area contributed by atoms with Crippen LogP contribution in [0.3, 0.4) is 0 Å². The molecule has 1 aromatic heterocycles. The molecule has 0 aliphatic heterocycles. The predicted molar refractivity (Wildman–Crippen MR) is 65.9 cm³/mol. The maximum absolute atomic E-state index is 11.0. The van der Waals surface area contributed by atoms with Crippen LogP contribution in [-0.2, 0) is 13.7 Å². The lowest BCUT2D eigenvalue weighted by Crippen LogP contribution is -2.00. The van der Waals surface area contributed by atoms with E-state index in [9.17, 15) is 4.79 Å². The quantitative estimate of drug-likeness (QED) is 0.755. The molecule has 0 N–H and O–H groups in total. The van der Waals surface area contributed by atoms with Crippen LogP contribution in [0.15, 0.2) is 30.6 Å². The van der Waals surface area contributed by atoms with E-state index < -0.39 is 0 Å². The van der Waals surface area contributed by atoms with Crippen molar-refractivity contribution in [2.75, 3.05) is 7.11 Å². The van der Waals surface area contributed by atoms with Crippen molar-refractivity contribution in [1.29, 1.82) is 0 Å². The lowest BCUT2D eigenvalue weighted by molar-refractivity contribution is 0.111. The minimum Gasteiger partial charge on any atom is -0.493 e. The number of nitrogens with zero attached hydrogens (tertiary/aromatic N) is 2. The molecule has 0 radical (unpaired) electrons. The van der Waals surface area contributed by atoms with Crippen molar-refractivity contribution in [3.8, 4) is 11.5 Å². The van der Waals surface area contributed by atoms with Crippen LogP contribution in [0.4, 0.5) is 0 Å². The molecule has 0 bridgehead atoms. The van der Waals surface area contributed by atoms with E-state index in [0.29, 0.717) is 23.7 Å². The maximum Gasteiger partial charge on any atom is 0.172 e. The van der Waals surface area contributed by atoms with Gasteiger partial charge in [-0.05, 0) is 12.1 Å². The molecule has 0 spiro atoms. The average Bonchev–Trinajstić information content (AvgIpc) is 2.81. The van der Waals surface area contributed by atoms with Gasteiger partial charge in [0.15, 0.2) is 17.8 Å². The minimum atomic E-state index is 0.342. The van der Waals surface area contributed by atoms with E-state index >= 15 is 0 Å². The van der Waals surface area contributed by atoms with Crippen LogP contribution in [0.5, 0.6) is 11.5 Å². The Morgan fingerprint density at radius 2 is 2.28 bits per heavy atom.